The molecule has 84 valence electrons. The first-order valence-electron chi connectivity index (χ1n) is 4.64. The predicted molar refractivity (Wildman–Crippen MR) is 66.9 cm³/mol. The summed E-state index contributed by atoms with van der Waals surface area (Å²) < 4.78 is 1.82. The Morgan fingerprint density at radius 3 is 2.76 bits per heavy atom. The summed E-state index contributed by atoms with van der Waals surface area (Å²) in [6.07, 6.45) is 1.54. The molecule has 0 amide bonds. The van der Waals surface area contributed by atoms with Crippen molar-refractivity contribution in [1.29, 1.82) is 5.26 Å². The van der Waals surface area contributed by atoms with Crippen molar-refractivity contribution in [3.8, 4) is 11.8 Å². The standard InChI is InChI=1S/C11H6ClN3OS/c12-8-5-7(6-13)1-2-9(8)15-4-3-10(16)14-11(15)17/h1-5H,(H,14,16,17). The third-order valence-corrected chi connectivity index (χ3v) is 2.76. The highest BCUT2D eigenvalue weighted by Gasteiger charge is 2.04. The lowest BCUT2D eigenvalue weighted by atomic mass is 10.2. The fourth-order valence-electron chi connectivity index (χ4n) is 1.38. The van der Waals surface area contributed by atoms with Crippen molar-refractivity contribution in [2.45, 2.75) is 0 Å². The van der Waals surface area contributed by atoms with E-state index in [1.54, 1.807) is 22.8 Å². The average Bonchev–Trinajstić information content (AvgIpc) is 2.30. The van der Waals surface area contributed by atoms with Gasteiger partial charge in [-0.3, -0.25) is 14.3 Å². The fraction of sp³-hybridized carbons (Fsp3) is 0. The van der Waals surface area contributed by atoms with Crippen LogP contribution in [0.1, 0.15) is 5.56 Å². The second kappa shape index (κ2) is 4.53. The highest BCUT2D eigenvalue weighted by atomic mass is 35.5. The van der Waals surface area contributed by atoms with E-state index in [9.17, 15) is 4.79 Å². The summed E-state index contributed by atoms with van der Waals surface area (Å²) in [6.45, 7) is 0. The normalized spacial score (nSPS) is 9.88. The van der Waals surface area contributed by atoms with Crippen molar-refractivity contribution < 1.29 is 0 Å². The predicted octanol–water partition coefficient (Wildman–Crippen LogP) is 2.42. The summed E-state index contributed by atoms with van der Waals surface area (Å²) >= 11 is 11.1. The summed E-state index contributed by atoms with van der Waals surface area (Å²) in [5, 5.41) is 9.13. The number of halogens is 1. The maximum atomic E-state index is 11.0. The first-order valence-corrected chi connectivity index (χ1v) is 5.42. The van der Waals surface area contributed by atoms with Crippen LogP contribution in [0.25, 0.3) is 5.69 Å². The summed E-state index contributed by atoms with van der Waals surface area (Å²) in [6, 6.07) is 8.20. The Labute approximate surface area is 107 Å². The van der Waals surface area contributed by atoms with E-state index in [1.165, 1.54) is 12.3 Å². The van der Waals surface area contributed by atoms with Crippen molar-refractivity contribution >= 4 is 23.8 Å². The van der Waals surface area contributed by atoms with E-state index in [4.69, 9.17) is 29.1 Å². The third kappa shape index (κ3) is 2.28. The monoisotopic (exact) mass is 263 g/mol. The van der Waals surface area contributed by atoms with Crippen LogP contribution in [0.3, 0.4) is 0 Å². The number of nitriles is 1. The molecule has 0 radical (unpaired) electrons. The Balaban J connectivity index is 2.66. The van der Waals surface area contributed by atoms with Gasteiger partial charge in [0.25, 0.3) is 5.56 Å². The molecule has 0 fully saturated rings. The van der Waals surface area contributed by atoms with Crippen LogP contribution in [-0.2, 0) is 0 Å². The van der Waals surface area contributed by atoms with Gasteiger partial charge in [-0.05, 0) is 30.4 Å². The minimum atomic E-state index is -0.268. The van der Waals surface area contributed by atoms with Gasteiger partial charge in [0, 0.05) is 12.3 Å². The number of rotatable bonds is 1. The molecule has 0 aliphatic heterocycles. The van der Waals surface area contributed by atoms with E-state index in [2.05, 4.69) is 4.98 Å². The van der Waals surface area contributed by atoms with Crippen molar-refractivity contribution in [3.05, 3.63) is 56.2 Å². The lowest BCUT2D eigenvalue weighted by Crippen LogP contribution is -2.10. The molecule has 1 aromatic heterocycles. The van der Waals surface area contributed by atoms with E-state index in [0.717, 1.165) is 0 Å². The summed E-state index contributed by atoms with van der Waals surface area (Å²) in [5.74, 6) is 0. The first-order chi connectivity index (χ1) is 8.11. The quantitative estimate of drug-likeness (QED) is 0.804. The molecule has 0 aliphatic rings. The van der Waals surface area contributed by atoms with Gasteiger partial charge < -0.3 is 0 Å². The third-order valence-electron chi connectivity index (χ3n) is 2.16. The van der Waals surface area contributed by atoms with Gasteiger partial charge in [0.05, 0.1) is 22.3 Å². The van der Waals surface area contributed by atoms with Crippen LogP contribution in [0.4, 0.5) is 0 Å². The number of H-pyrrole nitrogens is 1. The highest BCUT2D eigenvalue weighted by Crippen LogP contribution is 2.21. The lowest BCUT2D eigenvalue weighted by Gasteiger charge is -2.08. The van der Waals surface area contributed by atoms with Gasteiger partial charge >= 0.3 is 0 Å². The number of aromatic nitrogens is 2. The van der Waals surface area contributed by atoms with Crippen LogP contribution in [-0.4, -0.2) is 9.55 Å². The van der Waals surface area contributed by atoms with Crippen LogP contribution in [0.2, 0.25) is 5.02 Å². The molecule has 1 heterocycles. The molecule has 2 rings (SSSR count). The van der Waals surface area contributed by atoms with E-state index < -0.39 is 0 Å². The van der Waals surface area contributed by atoms with Gasteiger partial charge in [0.15, 0.2) is 4.77 Å². The molecule has 0 aliphatic carbocycles. The first kappa shape index (κ1) is 11.6. The van der Waals surface area contributed by atoms with Gasteiger partial charge in [-0.15, -0.1) is 0 Å². The van der Waals surface area contributed by atoms with Crippen molar-refractivity contribution in [2.75, 3.05) is 0 Å². The van der Waals surface area contributed by atoms with Crippen molar-refractivity contribution in [1.82, 2.24) is 9.55 Å². The van der Waals surface area contributed by atoms with Gasteiger partial charge in [0.1, 0.15) is 0 Å². The SMILES string of the molecule is N#Cc1ccc(-n2ccc(=O)[nH]c2=S)c(Cl)c1. The number of benzene rings is 1. The highest BCUT2D eigenvalue weighted by molar-refractivity contribution is 7.71. The molecule has 1 aromatic carbocycles. The van der Waals surface area contributed by atoms with Crippen LogP contribution in [0, 0.1) is 16.1 Å². The van der Waals surface area contributed by atoms with Gasteiger partial charge in [-0.1, -0.05) is 11.6 Å². The van der Waals surface area contributed by atoms with Crippen molar-refractivity contribution in [2.24, 2.45) is 0 Å². The molecule has 4 nitrogen and oxygen atoms in total. The van der Waals surface area contributed by atoms with E-state index in [-0.39, 0.29) is 10.3 Å². The minimum absolute atomic E-state index is 0.254. The van der Waals surface area contributed by atoms with Crippen molar-refractivity contribution in [3.63, 3.8) is 0 Å². The van der Waals surface area contributed by atoms with Gasteiger partial charge in [0.2, 0.25) is 0 Å². The zero-order valence-electron chi connectivity index (χ0n) is 8.48. The molecule has 0 saturated carbocycles. The molecule has 6 heteroatoms. The lowest BCUT2D eigenvalue weighted by molar-refractivity contribution is 0.937. The Morgan fingerprint density at radius 1 is 1.41 bits per heavy atom. The summed E-state index contributed by atoms with van der Waals surface area (Å²) in [7, 11) is 0. The zero-order chi connectivity index (χ0) is 12.4. The molecule has 0 bridgehead atoms. The zero-order valence-corrected chi connectivity index (χ0v) is 10.0. The molecule has 0 spiro atoms. The van der Waals surface area contributed by atoms with Gasteiger partial charge in [-0.25, -0.2) is 0 Å². The smallest absolute Gasteiger partial charge is 0.251 e. The number of nitrogens with zero attached hydrogens (tertiary/aromatic N) is 2. The fourth-order valence-corrected chi connectivity index (χ4v) is 1.91. The van der Waals surface area contributed by atoms with Gasteiger partial charge in [-0.2, -0.15) is 5.26 Å². The molecular formula is C11H6ClN3OS. The van der Waals surface area contributed by atoms with E-state index >= 15 is 0 Å². The number of nitrogens with one attached hydrogen (secondary N) is 1. The van der Waals surface area contributed by atoms with Crippen LogP contribution in [0.5, 0.6) is 0 Å². The maximum Gasteiger partial charge on any atom is 0.251 e. The summed E-state index contributed by atoms with van der Waals surface area (Å²) in [5.41, 5.74) is 0.817. The van der Waals surface area contributed by atoms with E-state index in [0.29, 0.717) is 16.3 Å². The molecule has 0 unspecified atom stereocenters. The molecule has 2 aromatic rings. The average molecular weight is 264 g/mol. The Bertz CT molecular complexity index is 726. The summed E-state index contributed by atoms with van der Waals surface area (Å²) in [4.78, 5) is 13.5. The largest absolute Gasteiger partial charge is 0.299 e. The van der Waals surface area contributed by atoms with Crippen LogP contribution < -0.4 is 5.56 Å². The van der Waals surface area contributed by atoms with E-state index in [1.807, 2.05) is 6.07 Å². The Morgan fingerprint density at radius 2 is 2.18 bits per heavy atom. The second-order valence-corrected chi connectivity index (χ2v) is 4.05. The topological polar surface area (TPSA) is 61.6 Å². The minimum Gasteiger partial charge on any atom is -0.299 e. The Hall–Kier alpha value is -1.90. The van der Waals surface area contributed by atoms with Crippen LogP contribution >= 0.6 is 23.8 Å². The molecule has 1 N–H and O–H groups in total. The number of hydrogen-bond donors (Lipinski definition) is 1. The number of hydrogen-bond acceptors (Lipinski definition) is 3. The maximum absolute atomic E-state index is 11.0. The Kier molecular flexibility index (Phi) is 3.09. The number of aromatic amines is 1. The molecular weight excluding hydrogens is 258 g/mol. The van der Waals surface area contributed by atoms with Crippen LogP contribution in [0.15, 0.2) is 35.3 Å². The molecule has 0 saturated heterocycles. The molecule has 17 heavy (non-hydrogen) atoms. The molecule has 0 atom stereocenters. The second-order valence-electron chi connectivity index (χ2n) is 3.26.